The second kappa shape index (κ2) is 11.7. The van der Waals surface area contributed by atoms with Crippen molar-refractivity contribution in [2.45, 2.75) is 4.90 Å². The van der Waals surface area contributed by atoms with Gasteiger partial charge in [0.15, 0.2) is 0 Å². The van der Waals surface area contributed by atoms with Crippen LogP contribution in [0.5, 0.6) is 17.2 Å². The van der Waals surface area contributed by atoms with E-state index in [0.717, 1.165) is 4.31 Å². The molecule has 0 radical (unpaired) electrons. The number of amides is 1. The second-order valence-corrected chi connectivity index (χ2v) is 9.79. The summed E-state index contributed by atoms with van der Waals surface area (Å²) in [5.74, 6) is 0.615. The third-order valence-electron chi connectivity index (χ3n) is 4.85. The first-order chi connectivity index (χ1) is 16.8. The monoisotopic (exact) mass is 561 g/mol. The summed E-state index contributed by atoms with van der Waals surface area (Å²) in [6.45, 7) is -0.519. The maximum atomic E-state index is 13.6. The van der Waals surface area contributed by atoms with Gasteiger partial charge in [0.25, 0.3) is 15.9 Å². The normalized spacial score (nSPS) is 11.2. The van der Waals surface area contributed by atoms with Crippen LogP contribution in [-0.4, -0.2) is 48.4 Å². The smallest absolute Gasteiger partial charge is 0.268 e. The second-order valence-electron chi connectivity index (χ2n) is 7.04. The summed E-state index contributed by atoms with van der Waals surface area (Å²) in [7, 11) is 0.238. The molecule has 11 heteroatoms. The van der Waals surface area contributed by atoms with Crippen LogP contribution in [0, 0.1) is 0 Å². The molecule has 0 aliphatic carbocycles. The van der Waals surface area contributed by atoms with E-state index in [1.165, 1.54) is 39.7 Å². The maximum absolute atomic E-state index is 13.6. The molecule has 0 unspecified atom stereocenters. The van der Waals surface area contributed by atoms with Gasteiger partial charge in [-0.15, -0.1) is 0 Å². The number of nitrogens with zero attached hydrogens (tertiary/aromatic N) is 2. The number of rotatable bonds is 10. The molecule has 0 aromatic heterocycles. The zero-order valence-electron chi connectivity index (χ0n) is 19.3. The number of anilines is 1. The van der Waals surface area contributed by atoms with Crippen molar-refractivity contribution in [1.82, 2.24) is 5.43 Å². The highest BCUT2D eigenvalue weighted by Crippen LogP contribution is 2.32. The molecule has 0 heterocycles. The molecule has 0 aliphatic heterocycles. The SMILES string of the molecule is COc1ccc(OC)c(/C=N\NC(=O)CN(c2ccccc2)S(=O)(=O)c2cc(Br)ccc2OC)c1. The van der Waals surface area contributed by atoms with Crippen LogP contribution in [0.25, 0.3) is 0 Å². The number of hydrazone groups is 1. The minimum atomic E-state index is -4.18. The van der Waals surface area contributed by atoms with E-state index in [-0.39, 0.29) is 10.6 Å². The molecule has 3 rings (SSSR count). The Balaban J connectivity index is 1.88. The van der Waals surface area contributed by atoms with Crippen molar-refractivity contribution in [3.63, 3.8) is 0 Å². The van der Waals surface area contributed by atoms with Gasteiger partial charge in [-0.2, -0.15) is 5.10 Å². The third-order valence-corrected chi connectivity index (χ3v) is 7.14. The standard InChI is InChI=1S/C24H24BrN3O6S/c1-32-20-10-12-21(33-2)17(13-20)15-26-27-24(29)16-28(19-7-5-4-6-8-19)35(30,31)23-14-18(25)9-11-22(23)34-3/h4-15H,16H2,1-3H3,(H,27,29)/b26-15-. The molecule has 0 saturated heterocycles. The molecule has 184 valence electrons. The number of benzene rings is 3. The Morgan fingerprint density at radius 2 is 1.66 bits per heavy atom. The largest absolute Gasteiger partial charge is 0.497 e. The molecule has 9 nitrogen and oxygen atoms in total. The van der Waals surface area contributed by atoms with E-state index in [0.29, 0.717) is 27.2 Å². The highest BCUT2D eigenvalue weighted by atomic mass is 79.9. The van der Waals surface area contributed by atoms with E-state index >= 15 is 0 Å². The molecule has 0 fully saturated rings. The number of hydrogen-bond donors (Lipinski definition) is 1. The number of nitrogens with one attached hydrogen (secondary N) is 1. The fraction of sp³-hybridized carbons (Fsp3) is 0.167. The molecule has 0 bridgehead atoms. The average molecular weight is 562 g/mol. The van der Waals surface area contributed by atoms with E-state index in [1.54, 1.807) is 54.6 Å². The number of carbonyl (C=O) groups excluding carboxylic acids is 1. The number of ether oxygens (including phenoxy) is 3. The van der Waals surface area contributed by atoms with E-state index in [9.17, 15) is 13.2 Å². The average Bonchev–Trinajstić information content (AvgIpc) is 2.87. The summed E-state index contributed by atoms with van der Waals surface area (Å²) in [4.78, 5) is 12.7. The maximum Gasteiger partial charge on any atom is 0.268 e. The Hall–Kier alpha value is -3.57. The Labute approximate surface area is 212 Å². The number of halogens is 1. The van der Waals surface area contributed by atoms with Gasteiger partial charge in [-0.3, -0.25) is 9.10 Å². The lowest BCUT2D eigenvalue weighted by molar-refractivity contribution is -0.119. The molecule has 3 aromatic rings. The molecule has 1 N–H and O–H groups in total. The van der Waals surface area contributed by atoms with E-state index in [4.69, 9.17) is 14.2 Å². The lowest BCUT2D eigenvalue weighted by atomic mass is 10.2. The first-order valence-corrected chi connectivity index (χ1v) is 12.5. The topological polar surface area (TPSA) is 107 Å². The number of methoxy groups -OCH3 is 3. The van der Waals surface area contributed by atoms with Gasteiger partial charge in [0.05, 0.1) is 33.2 Å². The molecule has 0 saturated carbocycles. The predicted octanol–water partition coefficient (Wildman–Crippen LogP) is 3.82. The van der Waals surface area contributed by atoms with Crippen LogP contribution in [-0.2, 0) is 14.8 Å². The Morgan fingerprint density at radius 3 is 2.31 bits per heavy atom. The first-order valence-electron chi connectivity index (χ1n) is 10.3. The van der Waals surface area contributed by atoms with Crippen LogP contribution in [0.1, 0.15) is 5.56 Å². The molecule has 35 heavy (non-hydrogen) atoms. The Kier molecular flexibility index (Phi) is 8.72. The van der Waals surface area contributed by atoms with Gasteiger partial charge in [0.2, 0.25) is 0 Å². The zero-order valence-corrected chi connectivity index (χ0v) is 21.7. The van der Waals surface area contributed by atoms with Gasteiger partial charge in [-0.05, 0) is 48.5 Å². The van der Waals surface area contributed by atoms with E-state index in [2.05, 4.69) is 26.5 Å². The molecule has 0 aliphatic rings. The highest BCUT2D eigenvalue weighted by Gasteiger charge is 2.30. The summed E-state index contributed by atoms with van der Waals surface area (Å²) >= 11 is 3.30. The summed E-state index contributed by atoms with van der Waals surface area (Å²) < 4.78 is 44.5. The number of sulfonamides is 1. The molecule has 0 spiro atoms. The van der Waals surface area contributed by atoms with Crippen molar-refractivity contribution >= 4 is 43.8 Å². The van der Waals surface area contributed by atoms with Crippen molar-refractivity contribution in [3.05, 3.63) is 76.8 Å². The highest BCUT2D eigenvalue weighted by molar-refractivity contribution is 9.10. The lowest BCUT2D eigenvalue weighted by Gasteiger charge is -2.24. The molecular weight excluding hydrogens is 538 g/mol. The first kappa shape index (κ1) is 26.0. The van der Waals surface area contributed by atoms with E-state index in [1.807, 2.05) is 0 Å². The van der Waals surface area contributed by atoms with Crippen LogP contribution in [0.4, 0.5) is 5.69 Å². The zero-order chi connectivity index (χ0) is 25.4. The van der Waals surface area contributed by atoms with Crippen LogP contribution in [0.15, 0.2) is 81.2 Å². The molecule has 3 aromatic carbocycles. The van der Waals surface area contributed by atoms with Crippen LogP contribution in [0.3, 0.4) is 0 Å². The van der Waals surface area contributed by atoms with Crippen molar-refractivity contribution in [1.29, 1.82) is 0 Å². The lowest BCUT2D eigenvalue weighted by Crippen LogP contribution is -2.39. The number of carbonyl (C=O) groups is 1. The van der Waals surface area contributed by atoms with Gasteiger partial charge in [0, 0.05) is 10.0 Å². The van der Waals surface area contributed by atoms with Crippen LogP contribution >= 0.6 is 15.9 Å². The van der Waals surface area contributed by atoms with Crippen LogP contribution in [0.2, 0.25) is 0 Å². The van der Waals surface area contributed by atoms with Crippen molar-refractivity contribution in [2.24, 2.45) is 5.10 Å². The quantitative estimate of drug-likeness (QED) is 0.298. The molecule has 0 atom stereocenters. The summed E-state index contributed by atoms with van der Waals surface area (Å²) in [5.41, 5.74) is 3.25. The predicted molar refractivity (Wildman–Crippen MR) is 137 cm³/mol. The van der Waals surface area contributed by atoms with E-state index < -0.39 is 22.5 Å². The summed E-state index contributed by atoms with van der Waals surface area (Å²) in [6, 6.07) is 18.1. The minimum absolute atomic E-state index is 0.0874. The van der Waals surface area contributed by atoms with Gasteiger partial charge in [0.1, 0.15) is 28.7 Å². The molecular formula is C24H24BrN3O6S. The Bertz CT molecular complexity index is 1320. The van der Waals surface area contributed by atoms with Gasteiger partial charge in [-0.25, -0.2) is 13.8 Å². The summed E-state index contributed by atoms with van der Waals surface area (Å²) in [6.07, 6.45) is 1.39. The number of para-hydroxylation sites is 1. The van der Waals surface area contributed by atoms with Crippen LogP contribution < -0.4 is 23.9 Å². The van der Waals surface area contributed by atoms with Crippen molar-refractivity contribution < 1.29 is 27.4 Å². The van der Waals surface area contributed by atoms with Crippen molar-refractivity contribution in [2.75, 3.05) is 32.2 Å². The number of hydrogen-bond acceptors (Lipinski definition) is 7. The Morgan fingerprint density at radius 1 is 0.971 bits per heavy atom. The fourth-order valence-electron chi connectivity index (χ4n) is 3.16. The van der Waals surface area contributed by atoms with Gasteiger partial charge in [-0.1, -0.05) is 34.1 Å². The minimum Gasteiger partial charge on any atom is -0.497 e. The summed E-state index contributed by atoms with van der Waals surface area (Å²) in [5, 5.41) is 3.96. The molecule has 1 amide bonds. The van der Waals surface area contributed by atoms with Crippen molar-refractivity contribution in [3.8, 4) is 17.2 Å². The fourth-order valence-corrected chi connectivity index (χ4v) is 5.28. The van der Waals surface area contributed by atoms with Gasteiger partial charge < -0.3 is 14.2 Å². The van der Waals surface area contributed by atoms with Gasteiger partial charge >= 0.3 is 0 Å². The third kappa shape index (κ3) is 6.31.